The monoisotopic (exact) mass is 781 g/mol. The first-order valence-electron chi connectivity index (χ1n) is 13.7. The molecule has 0 N–H and O–H groups in total. The van der Waals surface area contributed by atoms with E-state index in [9.17, 15) is 35.1 Å². The lowest BCUT2D eigenvalue weighted by Crippen LogP contribution is -2.17. The van der Waals surface area contributed by atoms with Gasteiger partial charge in [0.05, 0.1) is 27.9 Å². The highest BCUT2D eigenvalue weighted by Crippen LogP contribution is 2.54. The normalized spacial score (nSPS) is 18.1. The Hall–Kier alpha value is -3.78. The molecule has 0 saturated carbocycles. The quantitative estimate of drug-likeness (QED) is 0.166. The third-order valence-electron chi connectivity index (χ3n) is 7.86. The second kappa shape index (κ2) is 10.9. The first kappa shape index (κ1) is 31.8. The largest absolute Gasteiger partial charge is 0.388 e. The number of benzene rings is 5. The third kappa shape index (κ3) is 5.52. The van der Waals surface area contributed by atoms with Crippen LogP contribution in [-0.4, -0.2) is 0 Å². The molecular weight excluding hydrogens is 766 g/mol. The SMILES string of the molecule is FC1(F)OC(F)(F)c2cc(-c3ccc(-c4ccc5c(c4)C(F)(F)OC5(F)F)c(N(c4ccc(Br)cc4)c4ccc(Br)cc4)c3)ccc21. The van der Waals surface area contributed by atoms with Gasteiger partial charge in [0.25, 0.3) is 0 Å². The predicted octanol–water partition coefficient (Wildman–Crippen LogP) is 12.3. The molecule has 0 amide bonds. The molecule has 0 aliphatic carbocycles. The maximum atomic E-state index is 14.7. The molecule has 3 nitrogen and oxygen atoms in total. The molecular formula is C34H17Br2F8NO2. The Morgan fingerprint density at radius 1 is 0.426 bits per heavy atom. The molecule has 0 fully saturated rings. The number of rotatable bonds is 5. The predicted molar refractivity (Wildman–Crippen MR) is 165 cm³/mol. The van der Waals surface area contributed by atoms with Crippen LogP contribution < -0.4 is 4.90 Å². The summed E-state index contributed by atoms with van der Waals surface area (Å²) in [6, 6.07) is 24.8. The van der Waals surface area contributed by atoms with Gasteiger partial charge in [-0.05, 0) is 95.6 Å². The Kier molecular flexibility index (Phi) is 7.36. The van der Waals surface area contributed by atoms with E-state index in [4.69, 9.17) is 0 Å². The summed E-state index contributed by atoms with van der Waals surface area (Å²) in [6.07, 6.45) is -16.9. The van der Waals surface area contributed by atoms with Gasteiger partial charge in [-0.1, -0.05) is 56.1 Å². The second-order valence-corrected chi connectivity index (χ2v) is 12.6. The van der Waals surface area contributed by atoms with Gasteiger partial charge in [-0.15, -0.1) is 0 Å². The van der Waals surface area contributed by atoms with Crippen LogP contribution in [0.25, 0.3) is 22.3 Å². The summed E-state index contributed by atoms with van der Waals surface area (Å²) < 4.78 is 124. The molecule has 2 aliphatic heterocycles. The van der Waals surface area contributed by atoms with Crippen LogP contribution in [0.5, 0.6) is 0 Å². The summed E-state index contributed by atoms with van der Waals surface area (Å²) >= 11 is 6.81. The molecule has 0 saturated heterocycles. The van der Waals surface area contributed by atoms with Gasteiger partial charge in [-0.2, -0.15) is 35.1 Å². The fraction of sp³-hybridized carbons (Fsp3) is 0.118. The van der Waals surface area contributed by atoms with Crippen LogP contribution in [0.3, 0.4) is 0 Å². The summed E-state index contributed by atoms with van der Waals surface area (Å²) in [7, 11) is 0. The first-order chi connectivity index (χ1) is 22.1. The zero-order valence-electron chi connectivity index (χ0n) is 23.4. The van der Waals surface area contributed by atoms with Crippen LogP contribution in [0.2, 0.25) is 0 Å². The summed E-state index contributed by atoms with van der Waals surface area (Å²) in [6.45, 7) is 0. The highest BCUT2D eigenvalue weighted by Gasteiger charge is 2.58. The lowest BCUT2D eigenvalue weighted by atomic mass is 9.93. The summed E-state index contributed by atoms with van der Waals surface area (Å²) in [5, 5.41) is 0. The number of fused-ring (bicyclic) bond motifs is 2. The molecule has 5 aromatic rings. The van der Waals surface area contributed by atoms with Crippen LogP contribution in [0.15, 0.2) is 112 Å². The van der Waals surface area contributed by atoms with E-state index in [1.54, 1.807) is 59.5 Å². The Morgan fingerprint density at radius 2 is 0.809 bits per heavy atom. The number of halogens is 10. The molecule has 0 bridgehead atoms. The molecule has 2 aliphatic rings. The second-order valence-electron chi connectivity index (χ2n) is 10.8. The van der Waals surface area contributed by atoms with Crippen LogP contribution in [0.1, 0.15) is 22.3 Å². The van der Waals surface area contributed by atoms with Crippen LogP contribution in [-0.2, 0) is 33.9 Å². The number of alkyl halides is 8. The summed E-state index contributed by atoms with van der Waals surface area (Å²) in [5.74, 6) is 0. The lowest BCUT2D eigenvalue weighted by Gasteiger charge is -2.29. The zero-order valence-corrected chi connectivity index (χ0v) is 26.5. The van der Waals surface area contributed by atoms with E-state index in [-0.39, 0.29) is 11.1 Å². The highest BCUT2D eigenvalue weighted by molar-refractivity contribution is 9.10. The van der Waals surface area contributed by atoms with Crippen molar-refractivity contribution < 1.29 is 44.6 Å². The smallest absolute Gasteiger partial charge is 0.310 e. The van der Waals surface area contributed by atoms with E-state index in [1.807, 2.05) is 0 Å². The minimum absolute atomic E-state index is 0.124. The number of nitrogens with zero attached hydrogens (tertiary/aromatic N) is 1. The van der Waals surface area contributed by atoms with Crippen LogP contribution in [0.4, 0.5) is 52.2 Å². The highest BCUT2D eigenvalue weighted by atomic mass is 79.9. The van der Waals surface area contributed by atoms with E-state index < -0.39 is 46.7 Å². The average molecular weight is 783 g/mol. The molecule has 0 aromatic heterocycles. The molecule has 0 unspecified atom stereocenters. The van der Waals surface area contributed by atoms with Gasteiger partial charge in [0.2, 0.25) is 0 Å². The maximum absolute atomic E-state index is 14.7. The number of hydrogen-bond acceptors (Lipinski definition) is 3. The molecule has 0 spiro atoms. The summed E-state index contributed by atoms with van der Waals surface area (Å²) in [4.78, 5) is 1.76. The van der Waals surface area contributed by atoms with Gasteiger partial charge >= 0.3 is 24.4 Å². The lowest BCUT2D eigenvalue weighted by molar-refractivity contribution is -0.370. The number of ether oxygens (including phenoxy) is 2. The van der Waals surface area contributed by atoms with Crippen LogP contribution in [0, 0.1) is 0 Å². The van der Waals surface area contributed by atoms with Gasteiger partial charge in [-0.3, -0.25) is 0 Å². The molecule has 5 aromatic carbocycles. The van der Waals surface area contributed by atoms with Crippen molar-refractivity contribution in [2.24, 2.45) is 0 Å². The van der Waals surface area contributed by atoms with Crippen LogP contribution >= 0.6 is 31.9 Å². The Morgan fingerprint density at radius 3 is 1.30 bits per heavy atom. The standard InChI is InChI=1S/C34H17Br2F8NO2/c35-21-4-8-23(9-5-21)45(24-10-6-22(36)7-11-24)30-17-19(18-2-13-26-28(15-18)33(41,42)46-31(26,37)38)1-12-25(30)20-3-14-27-29(16-20)34(43,44)47-32(27,39)40/h1-17H. The van der Waals surface area contributed by atoms with Gasteiger partial charge in [0.1, 0.15) is 0 Å². The Balaban J connectivity index is 1.47. The maximum Gasteiger partial charge on any atom is 0.388 e. The molecule has 0 radical (unpaired) electrons. The molecule has 47 heavy (non-hydrogen) atoms. The fourth-order valence-corrected chi connectivity index (χ4v) is 6.24. The van der Waals surface area contributed by atoms with Crippen molar-refractivity contribution in [2.45, 2.75) is 24.4 Å². The first-order valence-corrected chi connectivity index (χ1v) is 15.3. The molecule has 2 heterocycles. The molecule has 13 heteroatoms. The van der Waals surface area contributed by atoms with Gasteiger partial charge < -0.3 is 4.90 Å². The summed E-state index contributed by atoms with van der Waals surface area (Å²) in [5.41, 5.74) is -1.57. The molecule has 7 rings (SSSR count). The van der Waals surface area contributed by atoms with Crippen molar-refractivity contribution in [1.29, 1.82) is 0 Å². The topological polar surface area (TPSA) is 21.7 Å². The molecule has 0 atom stereocenters. The van der Waals surface area contributed by atoms with Crippen molar-refractivity contribution >= 4 is 48.9 Å². The Bertz CT molecular complexity index is 1990. The van der Waals surface area contributed by atoms with Crippen molar-refractivity contribution in [3.8, 4) is 22.3 Å². The zero-order chi connectivity index (χ0) is 33.5. The average Bonchev–Trinajstić information content (AvgIpc) is 3.33. The Labute approximate surface area is 278 Å². The van der Waals surface area contributed by atoms with Crippen molar-refractivity contribution in [1.82, 2.24) is 0 Å². The van der Waals surface area contributed by atoms with Gasteiger partial charge in [-0.25, -0.2) is 9.47 Å². The van der Waals surface area contributed by atoms with Crippen molar-refractivity contribution in [2.75, 3.05) is 4.90 Å². The van der Waals surface area contributed by atoms with E-state index in [2.05, 4.69) is 41.3 Å². The number of anilines is 3. The molecule has 240 valence electrons. The van der Waals surface area contributed by atoms with Gasteiger partial charge in [0.15, 0.2) is 0 Å². The minimum Gasteiger partial charge on any atom is -0.310 e. The van der Waals surface area contributed by atoms with E-state index in [0.29, 0.717) is 28.2 Å². The van der Waals surface area contributed by atoms with E-state index in [1.165, 1.54) is 24.3 Å². The van der Waals surface area contributed by atoms with Crippen molar-refractivity contribution in [3.05, 3.63) is 134 Å². The van der Waals surface area contributed by atoms with Crippen molar-refractivity contribution in [3.63, 3.8) is 0 Å². The minimum atomic E-state index is -4.27. The third-order valence-corrected chi connectivity index (χ3v) is 8.92. The van der Waals surface area contributed by atoms with E-state index >= 15 is 0 Å². The number of hydrogen-bond donors (Lipinski definition) is 0. The van der Waals surface area contributed by atoms with Gasteiger partial charge in [0, 0.05) is 25.9 Å². The fourth-order valence-electron chi connectivity index (χ4n) is 5.71. The van der Waals surface area contributed by atoms with E-state index in [0.717, 1.165) is 33.2 Å².